The number of nitrogens with one attached hydrogen (secondary N) is 2. The molecule has 1 saturated heterocycles. The predicted molar refractivity (Wildman–Crippen MR) is 108 cm³/mol. The molecule has 2 aromatic carbocycles. The number of aryl methyl sites for hydroxylation is 2. The normalized spacial score (nSPS) is 14.6. The van der Waals surface area contributed by atoms with Crippen LogP contribution in [-0.4, -0.2) is 24.0 Å². The maximum atomic E-state index is 12.7. The van der Waals surface area contributed by atoms with E-state index in [4.69, 9.17) is 0 Å². The fraction of sp³-hybridized carbons (Fsp3) is 0.318. The van der Waals surface area contributed by atoms with Crippen LogP contribution in [0.15, 0.2) is 42.5 Å². The third-order valence-corrected chi connectivity index (χ3v) is 5.29. The van der Waals surface area contributed by atoms with Crippen molar-refractivity contribution in [1.82, 2.24) is 4.98 Å². The lowest BCUT2D eigenvalue weighted by Gasteiger charge is -2.28. The van der Waals surface area contributed by atoms with Gasteiger partial charge in [0.1, 0.15) is 5.69 Å². The quantitative estimate of drug-likeness (QED) is 0.698. The van der Waals surface area contributed by atoms with Crippen molar-refractivity contribution in [3.63, 3.8) is 0 Å². The molecule has 1 aromatic heterocycles. The number of aromatic amines is 1. The lowest BCUT2D eigenvalue weighted by atomic mass is 10.1. The van der Waals surface area contributed by atoms with Crippen molar-refractivity contribution >= 4 is 28.2 Å². The SMILES string of the molecule is Cc1ccc2[nH]c(C(=O)Nc3ccc(N4CCCCC4)cc3)c(C)c2c1. The van der Waals surface area contributed by atoms with Gasteiger partial charge in [-0.2, -0.15) is 0 Å². The number of hydrogen-bond donors (Lipinski definition) is 2. The highest BCUT2D eigenvalue weighted by atomic mass is 16.1. The maximum absolute atomic E-state index is 12.7. The number of anilines is 2. The van der Waals surface area contributed by atoms with Crippen LogP contribution in [-0.2, 0) is 0 Å². The fourth-order valence-corrected chi connectivity index (χ4v) is 3.77. The highest BCUT2D eigenvalue weighted by Crippen LogP contribution is 2.25. The molecule has 1 aliphatic rings. The number of rotatable bonds is 3. The molecule has 26 heavy (non-hydrogen) atoms. The summed E-state index contributed by atoms with van der Waals surface area (Å²) < 4.78 is 0. The second-order valence-electron chi connectivity index (χ2n) is 7.22. The summed E-state index contributed by atoms with van der Waals surface area (Å²) in [5.41, 5.74) is 5.88. The van der Waals surface area contributed by atoms with E-state index in [-0.39, 0.29) is 5.91 Å². The zero-order valence-electron chi connectivity index (χ0n) is 15.4. The van der Waals surface area contributed by atoms with E-state index in [1.165, 1.54) is 30.5 Å². The Hall–Kier alpha value is -2.75. The van der Waals surface area contributed by atoms with E-state index in [1.54, 1.807) is 0 Å². The molecule has 0 radical (unpaired) electrons. The Balaban J connectivity index is 1.52. The maximum Gasteiger partial charge on any atom is 0.272 e. The number of carbonyl (C=O) groups excluding carboxylic acids is 1. The third kappa shape index (κ3) is 3.19. The van der Waals surface area contributed by atoms with E-state index in [0.717, 1.165) is 35.2 Å². The first-order valence-corrected chi connectivity index (χ1v) is 9.37. The minimum absolute atomic E-state index is 0.0953. The van der Waals surface area contributed by atoms with Gasteiger partial charge < -0.3 is 15.2 Å². The van der Waals surface area contributed by atoms with Gasteiger partial charge in [0, 0.05) is 35.4 Å². The summed E-state index contributed by atoms with van der Waals surface area (Å²) in [4.78, 5) is 18.4. The smallest absolute Gasteiger partial charge is 0.272 e. The van der Waals surface area contributed by atoms with Gasteiger partial charge in [-0.25, -0.2) is 0 Å². The minimum atomic E-state index is -0.0953. The summed E-state index contributed by atoms with van der Waals surface area (Å²) in [7, 11) is 0. The van der Waals surface area contributed by atoms with Crippen LogP contribution >= 0.6 is 0 Å². The highest BCUT2D eigenvalue weighted by molar-refractivity contribution is 6.07. The monoisotopic (exact) mass is 347 g/mol. The van der Waals surface area contributed by atoms with Crippen molar-refractivity contribution in [3.8, 4) is 0 Å². The molecule has 1 aliphatic heterocycles. The van der Waals surface area contributed by atoms with Crippen LogP contribution in [0.3, 0.4) is 0 Å². The van der Waals surface area contributed by atoms with Crippen molar-refractivity contribution in [2.24, 2.45) is 0 Å². The third-order valence-electron chi connectivity index (χ3n) is 5.29. The van der Waals surface area contributed by atoms with Crippen molar-refractivity contribution in [2.45, 2.75) is 33.1 Å². The number of H-pyrrole nitrogens is 1. The number of hydrogen-bond acceptors (Lipinski definition) is 2. The zero-order chi connectivity index (χ0) is 18.1. The second kappa shape index (κ2) is 6.87. The molecule has 1 amide bonds. The van der Waals surface area contributed by atoms with Crippen LogP contribution in [0.4, 0.5) is 11.4 Å². The molecule has 0 atom stereocenters. The van der Waals surface area contributed by atoms with Gasteiger partial charge in [-0.3, -0.25) is 4.79 Å². The Morgan fingerprint density at radius 2 is 1.73 bits per heavy atom. The van der Waals surface area contributed by atoms with E-state index in [2.05, 4.69) is 46.4 Å². The lowest BCUT2D eigenvalue weighted by molar-refractivity contribution is 0.102. The van der Waals surface area contributed by atoms with E-state index in [1.807, 2.05) is 25.1 Å². The molecule has 1 fully saturated rings. The van der Waals surface area contributed by atoms with Crippen molar-refractivity contribution in [3.05, 3.63) is 59.3 Å². The summed E-state index contributed by atoms with van der Waals surface area (Å²) in [5.74, 6) is -0.0953. The van der Waals surface area contributed by atoms with E-state index in [0.29, 0.717) is 5.69 Å². The molecule has 2 heterocycles. The number of nitrogens with zero attached hydrogens (tertiary/aromatic N) is 1. The van der Waals surface area contributed by atoms with Crippen LogP contribution in [0.2, 0.25) is 0 Å². The number of amides is 1. The van der Waals surface area contributed by atoms with Crippen LogP contribution in [0.5, 0.6) is 0 Å². The number of piperidine rings is 1. The van der Waals surface area contributed by atoms with Gasteiger partial charge in [0.05, 0.1) is 0 Å². The first-order valence-electron chi connectivity index (χ1n) is 9.37. The molecule has 2 N–H and O–H groups in total. The Morgan fingerprint density at radius 1 is 1.00 bits per heavy atom. The van der Waals surface area contributed by atoms with Gasteiger partial charge in [0.15, 0.2) is 0 Å². The Morgan fingerprint density at radius 3 is 2.46 bits per heavy atom. The van der Waals surface area contributed by atoms with Gasteiger partial charge >= 0.3 is 0 Å². The number of benzene rings is 2. The van der Waals surface area contributed by atoms with Crippen molar-refractivity contribution < 1.29 is 4.79 Å². The van der Waals surface area contributed by atoms with Gasteiger partial charge in [0.2, 0.25) is 0 Å². The summed E-state index contributed by atoms with van der Waals surface area (Å²) in [6.45, 7) is 6.31. The number of fused-ring (bicyclic) bond motifs is 1. The molecule has 0 spiro atoms. The Labute approximate surface area is 154 Å². The van der Waals surface area contributed by atoms with Crippen molar-refractivity contribution in [1.29, 1.82) is 0 Å². The first-order chi connectivity index (χ1) is 12.6. The number of carbonyl (C=O) groups is 1. The molecule has 0 bridgehead atoms. The number of aromatic nitrogens is 1. The molecule has 4 heteroatoms. The summed E-state index contributed by atoms with van der Waals surface area (Å²) >= 11 is 0. The standard InChI is InChI=1S/C22H25N3O/c1-15-6-11-20-19(14-15)16(2)21(24-20)22(26)23-17-7-9-18(10-8-17)25-12-4-3-5-13-25/h6-11,14,24H,3-5,12-13H2,1-2H3,(H,23,26). The molecule has 0 unspecified atom stereocenters. The molecule has 3 aromatic rings. The molecular weight excluding hydrogens is 322 g/mol. The van der Waals surface area contributed by atoms with Crippen LogP contribution in [0, 0.1) is 13.8 Å². The molecule has 0 aliphatic carbocycles. The molecule has 134 valence electrons. The average Bonchev–Trinajstić information content (AvgIpc) is 2.99. The lowest BCUT2D eigenvalue weighted by Crippen LogP contribution is -2.29. The van der Waals surface area contributed by atoms with Crippen LogP contribution in [0.25, 0.3) is 10.9 Å². The highest BCUT2D eigenvalue weighted by Gasteiger charge is 2.15. The summed E-state index contributed by atoms with van der Waals surface area (Å²) in [6.07, 6.45) is 3.85. The summed E-state index contributed by atoms with van der Waals surface area (Å²) in [6, 6.07) is 14.4. The Kier molecular flexibility index (Phi) is 4.41. The fourth-order valence-electron chi connectivity index (χ4n) is 3.77. The zero-order valence-corrected chi connectivity index (χ0v) is 15.4. The molecule has 4 nitrogen and oxygen atoms in total. The van der Waals surface area contributed by atoms with Crippen LogP contribution < -0.4 is 10.2 Å². The molecule has 0 saturated carbocycles. The Bertz CT molecular complexity index is 934. The van der Waals surface area contributed by atoms with Crippen LogP contribution in [0.1, 0.15) is 40.9 Å². The van der Waals surface area contributed by atoms with Gasteiger partial charge in [0.25, 0.3) is 5.91 Å². The van der Waals surface area contributed by atoms with Gasteiger partial charge in [-0.1, -0.05) is 11.6 Å². The van der Waals surface area contributed by atoms with Gasteiger partial charge in [-0.15, -0.1) is 0 Å². The second-order valence-corrected chi connectivity index (χ2v) is 7.22. The van der Waals surface area contributed by atoms with E-state index >= 15 is 0 Å². The molecular formula is C22H25N3O. The largest absolute Gasteiger partial charge is 0.372 e. The molecule has 4 rings (SSSR count). The van der Waals surface area contributed by atoms with Crippen molar-refractivity contribution in [2.75, 3.05) is 23.3 Å². The topological polar surface area (TPSA) is 48.1 Å². The van der Waals surface area contributed by atoms with E-state index in [9.17, 15) is 4.79 Å². The van der Waals surface area contributed by atoms with E-state index < -0.39 is 0 Å². The van der Waals surface area contributed by atoms with Gasteiger partial charge in [-0.05, 0) is 75.1 Å². The minimum Gasteiger partial charge on any atom is -0.372 e. The predicted octanol–water partition coefficient (Wildman–Crippen LogP) is 5.03. The average molecular weight is 347 g/mol. The first kappa shape index (κ1) is 16.7. The summed E-state index contributed by atoms with van der Waals surface area (Å²) in [5, 5.41) is 4.12.